The van der Waals surface area contributed by atoms with Gasteiger partial charge < -0.3 is 0 Å². The molecule has 0 saturated carbocycles. The summed E-state index contributed by atoms with van der Waals surface area (Å²) in [7, 11) is -1.39. The summed E-state index contributed by atoms with van der Waals surface area (Å²) in [5, 5.41) is 8.46. The van der Waals surface area contributed by atoms with Gasteiger partial charge in [-0.05, 0) is 79.1 Å². The second kappa shape index (κ2) is 12.8. The second-order valence-electron chi connectivity index (χ2n) is 10.5. The van der Waals surface area contributed by atoms with Gasteiger partial charge in [0.1, 0.15) is 0 Å². The molecule has 6 aromatic rings. The summed E-state index contributed by atoms with van der Waals surface area (Å²) < 4.78 is 0. The van der Waals surface area contributed by atoms with Gasteiger partial charge in [0.15, 0.2) is 0 Å². The Morgan fingerprint density at radius 1 is 0.366 bits per heavy atom. The van der Waals surface area contributed by atoms with Gasteiger partial charge in [-0.1, -0.05) is 169 Å². The molecule has 0 spiro atoms. The zero-order valence-corrected chi connectivity index (χ0v) is 25.4. The molecular formula is C39H34P2. The van der Waals surface area contributed by atoms with Crippen LogP contribution in [0.2, 0.25) is 0 Å². The SMILES string of the molecule is Cc1ccc(Cc2ccc(C)cc2P(c2ccccc2)c2ccccc2)c(P(c2ccccc2)c2ccccc2)c1. The second-order valence-corrected chi connectivity index (χ2v) is 14.8. The molecule has 0 amide bonds. The van der Waals surface area contributed by atoms with Crippen LogP contribution in [-0.2, 0) is 6.42 Å². The summed E-state index contributed by atoms with van der Waals surface area (Å²) in [5.41, 5.74) is 5.44. The summed E-state index contributed by atoms with van der Waals surface area (Å²) in [4.78, 5) is 0. The molecular weight excluding hydrogens is 530 g/mol. The lowest BCUT2D eigenvalue weighted by atomic mass is 10.0. The number of rotatable bonds is 8. The fraction of sp³-hybridized carbons (Fsp3) is 0.0769. The number of hydrogen-bond donors (Lipinski definition) is 0. The molecule has 200 valence electrons. The van der Waals surface area contributed by atoms with Crippen molar-refractivity contribution in [1.82, 2.24) is 0 Å². The first-order valence-electron chi connectivity index (χ1n) is 14.2. The Hall–Kier alpha value is -3.82. The van der Waals surface area contributed by atoms with Crippen LogP contribution in [0.25, 0.3) is 0 Å². The summed E-state index contributed by atoms with van der Waals surface area (Å²) >= 11 is 0. The summed E-state index contributed by atoms with van der Waals surface area (Å²) in [6.45, 7) is 4.44. The van der Waals surface area contributed by atoms with Gasteiger partial charge in [0.25, 0.3) is 0 Å². The first kappa shape index (κ1) is 27.4. The smallest absolute Gasteiger partial charge is 0.00126 e. The molecule has 0 aromatic heterocycles. The average Bonchev–Trinajstić information content (AvgIpc) is 3.02. The van der Waals surface area contributed by atoms with E-state index >= 15 is 0 Å². The lowest BCUT2D eigenvalue weighted by molar-refractivity contribution is 1.21. The van der Waals surface area contributed by atoms with Crippen LogP contribution < -0.4 is 31.8 Å². The van der Waals surface area contributed by atoms with Gasteiger partial charge in [-0.25, -0.2) is 0 Å². The van der Waals surface area contributed by atoms with Gasteiger partial charge in [0.2, 0.25) is 0 Å². The molecule has 0 atom stereocenters. The number of hydrogen-bond acceptors (Lipinski definition) is 0. The molecule has 0 radical (unpaired) electrons. The van der Waals surface area contributed by atoms with Crippen molar-refractivity contribution >= 4 is 47.7 Å². The summed E-state index contributed by atoms with van der Waals surface area (Å²) in [6.07, 6.45) is 0.905. The van der Waals surface area contributed by atoms with Crippen LogP contribution >= 0.6 is 15.8 Å². The van der Waals surface area contributed by atoms with Gasteiger partial charge in [0, 0.05) is 0 Å². The molecule has 0 aliphatic rings. The maximum absolute atomic E-state index is 2.44. The highest BCUT2D eigenvalue weighted by Crippen LogP contribution is 2.37. The van der Waals surface area contributed by atoms with Gasteiger partial charge >= 0.3 is 0 Å². The van der Waals surface area contributed by atoms with E-state index in [1.807, 2.05) is 0 Å². The molecule has 0 nitrogen and oxygen atoms in total. The van der Waals surface area contributed by atoms with Gasteiger partial charge in [-0.2, -0.15) is 0 Å². The normalized spacial score (nSPS) is 11.2. The van der Waals surface area contributed by atoms with E-state index in [1.165, 1.54) is 54.1 Å². The van der Waals surface area contributed by atoms with Crippen molar-refractivity contribution in [2.75, 3.05) is 0 Å². The Labute approximate surface area is 247 Å². The lowest BCUT2D eigenvalue weighted by Gasteiger charge is -2.25. The van der Waals surface area contributed by atoms with Crippen LogP contribution in [0.4, 0.5) is 0 Å². The molecule has 6 rings (SSSR count). The number of aryl methyl sites for hydroxylation is 2. The largest absolute Gasteiger partial charge is 0.0622 e. The van der Waals surface area contributed by atoms with Crippen LogP contribution in [0.3, 0.4) is 0 Å². The van der Waals surface area contributed by atoms with Gasteiger partial charge in [-0.15, -0.1) is 0 Å². The molecule has 6 aromatic carbocycles. The van der Waals surface area contributed by atoms with Crippen LogP contribution in [-0.4, -0.2) is 0 Å². The predicted molar refractivity (Wildman–Crippen MR) is 183 cm³/mol. The van der Waals surface area contributed by atoms with Crippen LogP contribution in [0.1, 0.15) is 22.3 Å². The van der Waals surface area contributed by atoms with E-state index in [4.69, 9.17) is 0 Å². The van der Waals surface area contributed by atoms with Crippen molar-refractivity contribution in [2.24, 2.45) is 0 Å². The van der Waals surface area contributed by atoms with Gasteiger partial charge in [0.05, 0.1) is 0 Å². The highest BCUT2D eigenvalue weighted by Gasteiger charge is 2.23. The minimum Gasteiger partial charge on any atom is -0.0622 e. The average molecular weight is 565 g/mol. The van der Waals surface area contributed by atoms with Crippen molar-refractivity contribution in [3.05, 3.63) is 180 Å². The first-order chi connectivity index (χ1) is 20.2. The maximum Gasteiger partial charge on any atom is -0.00126 e. The Morgan fingerprint density at radius 3 is 0.951 bits per heavy atom. The Kier molecular flexibility index (Phi) is 8.53. The van der Waals surface area contributed by atoms with Crippen molar-refractivity contribution in [3.8, 4) is 0 Å². The highest BCUT2D eigenvalue weighted by molar-refractivity contribution is 7.80. The molecule has 0 aliphatic heterocycles. The third-order valence-electron chi connectivity index (χ3n) is 7.40. The van der Waals surface area contributed by atoms with E-state index < -0.39 is 15.8 Å². The fourth-order valence-corrected chi connectivity index (χ4v) is 10.6. The number of benzene rings is 6. The van der Waals surface area contributed by atoms with E-state index in [1.54, 1.807) is 0 Å². The minimum absolute atomic E-state index is 0.693. The van der Waals surface area contributed by atoms with Crippen LogP contribution in [0, 0.1) is 13.8 Å². The predicted octanol–water partition coefficient (Wildman–Crippen LogP) is 7.41. The van der Waals surface area contributed by atoms with Crippen molar-refractivity contribution in [2.45, 2.75) is 20.3 Å². The van der Waals surface area contributed by atoms with E-state index in [0.717, 1.165) is 6.42 Å². The molecule has 0 heterocycles. The van der Waals surface area contributed by atoms with Crippen LogP contribution in [0.15, 0.2) is 158 Å². The van der Waals surface area contributed by atoms with E-state index in [-0.39, 0.29) is 0 Å². The quantitative estimate of drug-likeness (QED) is 0.169. The topological polar surface area (TPSA) is 0 Å². The lowest BCUT2D eigenvalue weighted by Crippen LogP contribution is -2.26. The molecule has 0 N–H and O–H groups in total. The van der Waals surface area contributed by atoms with Gasteiger partial charge in [-0.3, -0.25) is 0 Å². The minimum atomic E-state index is -0.693. The fourth-order valence-electron chi connectivity index (χ4n) is 5.43. The molecule has 0 bridgehead atoms. The van der Waals surface area contributed by atoms with Crippen molar-refractivity contribution in [3.63, 3.8) is 0 Å². The zero-order chi connectivity index (χ0) is 28.0. The molecule has 0 aliphatic carbocycles. The van der Waals surface area contributed by atoms with E-state index in [0.29, 0.717) is 0 Å². The third-order valence-corrected chi connectivity index (χ3v) is 12.5. The maximum atomic E-state index is 2.44. The zero-order valence-electron chi connectivity index (χ0n) is 23.6. The summed E-state index contributed by atoms with van der Waals surface area (Å²) in [6, 6.07) is 58.5. The molecule has 41 heavy (non-hydrogen) atoms. The molecule has 0 fully saturated rings. The first-order valence-corrected chi connectivity index (χ1v) is 16.9. The molecule has 0 unspecified atom stereocenters. The van der Waals surface area contributed by atoms with Crippen LogP contribution in [0.5, 0.6) is 0 Å². The Balaban J connectivity index is 1.51. The molecule has 2 heteroatoms. The summed E-state index contributed by atoms with van der Waals surface area (Å²) in [5.74, 6) is 0. The monoisotopic (exact) mass is 564 g/mol. The third kappa shape index (κ3) is 6.26. The highest BCUT2D eigenvalue weighted by atomic mass is 31.1. The van der Waals surface area contributed by atoms with E-state index in [2.05, 4.69) is 172 Å². The van der Waals surface area contributed by atoms with Crippen molar-refractivity contribution < 1.29 is 0 Å². The molecule has 0 saturated heterocycles. The Morgan fingerprint density at radius 2 is 0.659 bits per heavy atom. The standard InChI is InChI=1S/C39H34P2/c1-30-23-25-32(38(27-30)40(34-15-7-3-8-16-34)35-17-9-4-10-18-35)29-33-26-24-31(2)28-39(33)41(36-19-11-5-12-20-36)37-21-13-6-14-22-37/h3-28H,29H2,1-2H3. The Bertz CT molecular complexity index is 1500. The van der Waals surface area contributed by atoms with Crippen molar-refractivity contribution in [1.29, 1.82) is 0 Å². The van der Waals surface area contributed by atoms with E-state index in [9.17, 15) is 0 Å².